The Bertz CT molecular complexity index is 313. The van der Waals surface area contributed by atoms with Gasteiger partial charge in [-0.05, 0) is 31.0 Å². The first-order chi connectivity index (χ1) is 6.50. The van der Waals surface area contributed by atoms with Crippen LogP contribution >= 0.6 is 23.2 Å². The first kappa shape index (κ1) is 11.8. The lowest BCUT2D eigenvalue weighted by Crippen LogP contribution is -2.23. The zero-order valence-electron chi connectivity index (χ0n) is 8.00. The van der Waals surface area contributed by atoms with Gasteiger partial charge in [0.25, 0.3) is 0 Å². The van der Waals surface area contributed by atoms with E-state index in [1.165, 1.54) is 0 Å². The van der Waals surface area contributed by atoms with Crippen molar-refractivity contribution in [3.05, 3.63) is 33.8 Å². The molecule has 0 radical (unpaired) electrons. The van der Waals surface area contributed by atoms with Crippen LogP contribution in [0.4, 0.5) is 0 Å². The van der Waals surface area contributed by atoms with Gasteiger partial charge < -0.3 is 11.5 Å². The van der Waals surface area contributed by atoms with Crippen molar-refractivity contribution < 1.29 is 0 Å². The Kier molecular flexibility index (Phi) is 4.20. The Labute approximate surface area is 94.2 Å². The predicted molar refractivity (Wildman–Crippen MR) is 61.7 cm³/mol. The molecule has 2 atom stereocenters. The van der Waals surface area contributed by atoms with Crippen molar-refractivity contribution in [2.75, 3.05) is 0 Å². The third-order valence-electron chi connectivity index (χ3n) is 1.99. The molecule has 2 unspecified atom stereocenters. The van der Waals surface area contributed by atoms with Gasteiger partial charge in [0.05, 0.1) is 0 Å². The summed E-state index contributed by atoms with van der Waals surface area (Å²) < 4.78 is 0. The summed E-state index contributed by atoms with van der Waals surface area (Å²) in [6, 6.07) is 5.26. The van der Waals surface area contributed by atoms with Crippen molar-refractivity contribution in [2.24, 2.45) is 11.5 Å². The highest BCUT2D eigenvalue weighted by Crippen LogP contribution is 2.26. The lowest BCUT2D eigenvalue weighted by Gasteiger charge is -2.15. The van der Waals surface area contributed by atoms with Crippen LogP contribution in [0.2, 0.25) is 10.0 Å². The van der Waals surface area contributed by atoms with E-state index < -0.39 is 0 Å². The molecule has 0 aromatic heterocycles. The number of hydrogen-bond acceptors (Lipinski definition) is 2. The van der Waals surface area contributed by atoms with Gasteiger partial charge in [0.1, 0.15) is 0 Å². The highest BCUT2D eigenvalue weighted by molar-refractivity contribution is 6.35. The number of benzene rings is 1. The molecule has 1 aromatic rings. The van der Waals surface area contributed by atoms with Crippen molar-refractivity contribution in [2.45, 2.75) is 25.4 Å². The van der Waals surface area contributed by atoms with E-state index in [1.807, 2.05) is 13.0 Å². The summed E-state index contributed by atoms with van der Waals surface area (Å²) in [7, 11) is 0. The summed E-state index contributed by atoms with van der Waals surface area (Å²) >= 11 is 11.8. The van der Waals surface area contributed by atoms with Crippen LogP contribution in [0.1, 0.15) is 24.9 Å². The molecule has 0 heterocycles. The van der Waals surface area contributed by atoms with Gasteiger partial charge in [-0.25, -0.2) is 0 Å². The first-order valence-electron chi connectivity index (χ1n) is 4.47. The maximum Gasteiger partial charge on any atom is 0.0468 e. The summed E-state index contributed by atoms with van der Waals surface area (Å²) in [5.74, 6) is 0. The van der Waals surface area contributed by atoms with E-state index >= 15 is 0 Å². The number of halogens is 2. The second kappa shape index (κ2) is 4.99. The van der Waals surface area contributed by atoms with Crippen molar-refractivity contribution in [3.63, 3.8) is 0 Å². The lowest BCUT2D eigenvalue weighted by atomic mass is 10.0. The van der Waals surface area contributed by atoms with Gasteiger partial charge in [-0.15, -0.1) is 0 Å². The minimum Gasteiger partial charge on any atom is -0.328 e. The fraction of sp³-hybridized carbons (Fsp3) is 0.400. The van der Waals surface area contributed by atoms with Crippen molar-refractivity contribution in [1.29, 1.82) is 0 Å². The molecule has 4 heteroatoms. The molecule has 78 valence electrons. The minimum atomic E-state index is -0.125. The van der Waals surface area contributed by atoms with Gasteiger partial charge in [-0.1, -0.05) is 29.3 Å². The zero-order chi connectivity index (χ0) is 10.7. The van der Waals surface area contributed by atoms with Crippen LogP contribution in [0.15, 0.2) is 18.2 Å². The fourth-order valence-corrected chi connectivity index (χ4v) is 1.88. The monoisotopic (exact) mass is 232 g/mol. The fourth-order valence-electron chi connectivity index (χ4n) is 1.33. The molecule has 1 rings (SSSR count). The molecule has 1 aromatic carbocycles. The Hall–Kier alpha value is -0.280. The molecule has 0 fully saturated rings. The molecule has 0 spiro atoms. The van der Waals surface area contributed by atoms with Crippen LogP contribution in [-0.4, -0.2) is 6.04 Å². The molecular formula is C10H14Cl2N2. The van der Waals surface area contributed by atoms with Gasteiger partial charge in [0.2, 0.25) is 0 Å². The third-order valence-corrected chi connectivity index (χ3v) is 2.55. The van der Waals surface area contributed by atoms with Crippen LogP contribution in [0.5, 0.6) is 0 Å². The van der Waals surface area contributed by atoms with Gasteiger partial charge in [-0.2, -0.15) is 0 Å². The van der Waals surface area contributed by atoms with Crippen LogP contribution < -0.4 is 11.5 Å². The number of hydrogen-bond donors (Lipinski definition) is 2. The number of nitrogens with two attached hydrogens (primary N) is 2. The summed E-state index contributed by atoms with van der Waals surface area (Å²) in [6.07, 6.45) is 0.710. The second-order valence-corrected chi connectivity index (χ2v) is 4.33. The maximum absolute atomic E-state index is 6.00. The molecule has 0 saturated carbocycles. The average molecular weight is 233 g/mol. The Morgan fingerprint density at radius 3 is 2.43 bits per heavy atom. The van der Waals surface area contributed by atoms with Crippen molar-refractivity contribution in [1.82, 2.24) is 0 Å². The average Bonchev–Trinajstić information content (AvgIpc) is 2.01. The summed E-state index contributed by atoms with van der Waals surface area (Å²) in [4.78, 5) is 0. The maximum atomic E-state index is 6.00. The van der Waals surface area contributed by atoms with E-state index in [-0.39, 0.29) is 12.1 Å². The van der Waals surface area contributed by atoms with Gasteiger partial charge in [0.15, 0.2) is 0 Å². The second-order valence-electron chi connectivity index (χ2n) is 3.49. The topological polar surface area (TPSA) is 52.0 Å². The molecule has 4 N–H and O–H groups in total. The van der Waals surface area contributed by atoms with E-state index in [2.05, 4.69) is 0 Å². The van der Waals surface area contributed by atoms with Crippen LogP contribution in [0.25, 0.3) is 0 Å². The molecule has 0 aliphatic carbocycles. The van der Waals surface area contributed by atoms with E-state index in [9.17, 15) is 0 Å². The standard InChI is InChI=1S/C10H14Cl2N2/c1-6(13)4-10(14)8-3-2-7(11)5-9(8)12/h2-3,5-6,10H,4,13-14H2,1H3. The lowest BCUT2D eigenvalue weighted by molar-refractivity contribution is 0.568. The SMILES string of the molecule is CC(N)CC(N)c1ccc(Cl)cc1Cl. The van der Waals surface area contributed by atoms with Crippen LogP contribution in [0.3, 0.4) is 0 Å². The summed E-state index contributed by atoms with van der Waals surface area (Å²) in [6.45, 7) is 1.92. The van der Waals surface area contributed by atoms with Gasteiger partial charge in [0, 0.05) is 22.1 Å². The number of rotatable bonds is 3. The summed E-state index contributed by atoms with van der Waals surface area (Å²) in [5, 5.41) is 1.22. The molecule has 0 aliphatic heterocycles. The molecule has 2 nitrogen and oxygen atoms in total. The highest BCUT2D eigenvalue weighted by Gasteiger charge is 2.11. The van der Waals surface area contributed by atoms with E-state index in [4.69, 9.17) is 34.7 Å². The molecule has 14 heavy (non-hydrogen) atoms. The third kappa shape index (κ3) is 3.14. The minimum absolute atomic E-state index is 0.0664. The Morgan fingerprint density at radius 1 is 1.29 bits per heavy atom. The van der Waals surface area contributed by atoms with E-state index in [0.29, 0.717) is 16.5 Å². The van der Waals surface area contributed by atoms with E-state index in [0.717, 1.165) is 5.56 Å². The molecule has 0 aliphatic rings. The molecule has 0 amide bonds. The van der Waals surface area contributed by atoms with E-state index in [1.54, 1.807) is 12.1 Å². The quantitative estimate of drug-likeness (QED) is 0.843. The van der Waals surface area contributed by atoms with Gasteiger partial charge >= 0.3 is 0 Å². The van der Waals surface area contributed by atoms with Crippen molar-refractivity contribution in [3.8, 4) is 0 Å². The van der Waals surface area contributed by atoms with Crippen LogP contribution in [0, 0.1) is 0 Å². The summed E-state index contributed by atoms with van der Waals surface area (Å²) in [5.41, 5.74) is 12.5. The molecule has 0 saturated heterocycles. The predicted octanol–water partition coefficient (Wildman–Crippen LogP) is 2.73. The van der Waals surface area contributed by atoms with Crippen molar-refractivity contribution >= 4 is 23.2 Å². The molecular weight excluding hydrogens is 219 g/mol. The smallest absolute Gasteiger partial charge is 0.0468 e. The first-order valence-corrected chi connectivity index (χ1v) is 5.22. The molecule has 0 bridgehead atoms. The Morgan fingerprint density at radius 2 is 1.93 bits per heavy atom. The normalized spacial score (nSPS) is 15.2. The van der Waals surface area contributed by atoms with Gasteiger partial charge in [-0.3, -0.25) is 0 Å². The Balaban J connectivity index is 2.84. The highest BCUT2D eigenvalue weighted by atomic mass is 35.5. The zero-order valence-corrected chi connectivity index (χ0v) is 9.52. The largest absolute Gasteiger partial charge is 0.328 e. The van der Waals surface area contributed by atoms with Crippen LogP contribution in [-0.2, 0) is 0 Å².